The summed E-state index contributed by atoms with van der Waals surface area (Å²) in [6.07, 6.45) is -2.28. The van der Waals surface area contributed by atoms with Gasteiger partial charge in [0.05, 0.1) is 11.6 Å². The molecule has 1 aliphatic rings. The Labute approximate surface area is 113 Å². The van der Waals surface area contributed by atoms with Crippen LogP contribution in [0.4, 0.5) is 8.78 Å². The van der Waals surface area contributed by atoms with Crippen molar-refractivity contribution in [3.8, 4) is 0 Å². The van der Waals surface area contributed by atoms with Crippen molar-refractivity contribution < 1.29 is 13.9 Å². The maximum atomic E-state index is 13.7. The average molecular weight is 280 g/mol. The van der Waals surface area contributed by atoms with Crippen LogP contribution in [0.3, 0.4) is 0 Å². The summed E-state index contributed by atoms with van der Waals surface area (Å²) in [6, 6.07) is 5.70. The summed E-state index contributed by atoms with van der Waals surface area (Å²) < 4.78 is 26.9. The Morgan fingerprint density at radius 3 is 2.90 bits per heavy atom. The van der Waals surface area contributed by atoms with Crippen molar-refractivity contribution in [1.29, 1.82) is 0 Å². The van der Waals surface area contributed by atoms with E-state index in [1.165, 1.54) is 18.2 Å². The average Bonchev–Trinajstić information content (AvgIpc) is 2.70. The number of para-hydroxylation sites is 1. The Morgan fingerprint density at radius 2 is 2.20 bits per heavy atom. The standard InChI is InChI=1S/C14H14F2N2O2/c15-10-3-1-2-9-12(19)4-8(17-14(9)10)5-18-6-11(16)13(20)7-18/h1-4,11,13,20H,5-7H2,(H,17,19)/t11-,13-/m1/s1. The third kappa shape index (κ3) is 2.32. The molecule has 6 heteroatoms. The number of benzene rings is 1. The van der Waals surface area contributed by atoms with E-state index in [1.807, 2.05) is 0 Å². The van der Waals surface area contributed by atoms with Crippen molar-refractivity contribution >= 4 is 10.9 Å². The van der Waals surface area contributed by atoms with Crippen LogP contribution in [0.2, 0.25) is 0 Å². The van der Waals surface area contributed by atoms with E-state index < -0.39 is 18.1 Å². The molecule has 0 unspecified atom stereocenters. The van der Waals surface area contributed by atoms with E-state index >= 15 is 0 Å². The Morgan fingerprint density at radius 1 is 1.40 bits per heavy atom. The van der Waals surface area contributed by atoms with Crippen molar-refractivity contribution in [2.75, 3.05) is 13.1 Å². The number of alkyl halides is 1. The topological polar surface area (TPSA) is 56.3 Å². The molecule has 3 rings (SSSR count). The van der Waals surface area contributed by atoms with Gasteiger partial charge in [-0.2, -0.15) is 0 Å². The molecule has 1 aliphatic heterocycles. The minimum absolute atomic E-state index is 0.110. The number of aliphatic hydroxyl groups excluding tert-OH is 1. The van der Waals surface area contributed by atoms with E-state index in [0.717, 1.165) is 0 Å². The van der Waals surface area contributed by atoms with E-state index in [-0.39, 0.29) is 30.6 Å². The van der Waals surface area contributed by atoms with Crippen LogP contribution < -0.4 is 5.43 Å². The van der Waals surface area contributed by atoms with Gasteiger partial charge in [-0.15, -0.1) is 0 Å². The first-order valence-corrected chi connectivity index (χ1v) is 6.39. The zero-order valence-electron chi connectivity index (χ0n) is 10.6. The molecule has 0 aliphatic carbocycles. The Balaban J connectivity index is 1.93. The molecule has 0 radical (unpaired) electrons. The van der Waals surface area contributed by atoms with Crippen molar-refractivity contribution in [2.24, 2.45) is 0 Å². The summed E-state index contributed by atoms with van der Waals surface area (Å²) in [5.74, 6) is -0.494. The number of nitrogens with one attached hydrogen (secondary N) is 1. The van der Waals surface area contributed by atoms with Crippen LogP contribution in [0.25, 0.3) is 10.9 Å². The number of aromatic nitrogens is 1. The maximum absolute atomic E-state index is 13.7. The van der Waals surface area contributed by atoms with E-state index in [1.54, 1.807) is 11.0 Å². The number of hydrogen-bond acceptors (Lipinski definition) is 3. The van der Waals surface area contributed by atoms with Crippen LogP contribution in [0.1, 0.15) is 5.69 Å². The highest BCUT2D eigenvalue weighted by Crippen LogP contribution is 2.17. The molecule has 106 valence electrons. The molecule has 2 aromatic rings. The number of hydrogen-bond donors (Lipinski definition) is 2. The molecule has 2 N–H and O–H groups in total. The minimum atomic E-state index is -1.28. The summed E-state index contributed by atoms with van der Waals surface area (Å²) in [4.78, 5) is 16.5. The number of nitrogens with zero attached hydrogens (tertiary/aromatic N) is 1. The number of β-amino-alcohol motifs (C(OH)–C–C–N with tert-alkyl or cyclic N) is 1. The molecule has 2 heterocycles. The number of pyridine rings is 1. The molecule has 20 heavy (non-hydrogen) atoms. The fourth-order valence-corrected chi connectivity index (χ4v) is 2.57. The van der Waals surface area contributed by atoms with Crippen LogP contribution in [-0.2, 0) is 6.54 Å². The number of H-pyrrole nitrogens is 1. The van der Waals surface area contributed by atoms with Gasteiger partial charge in [-0.3, -0.25) is 9.69 Å². The second-order valence-electron chi connectivity index (χ2n) is 5.10. The first kappa shape index (κ1) is 13.2. The first-order chi connectivity index (χ1) is 9.54. The summed E-state index contributed by atoms with van der Waals surface area (Å²) in [5.41, 5.74) is 0.394. The van der Waals surface area contributed by atoms with Crippen LogP contribution >= 0.6 is 0 Å². The second kappa shape index (κ2) is 4.96. The lowest BCUT2D eigenvalue weighted by atomic mass is 10.2. The van der Waals surface area contributed by atoms with Gasteiger partial charge in [0, 0.05) is 36.8 Å². The molecule has 2 atom stereocenters. The van der Waals surface area contributed by atoms with E-state index in [2.05, 4.69) is 4.98 Å². The SMILES string of the molecule is O=c1cc(CN2C[C@@H](O)[C@H](F)C2)[nH]c2c(F)cccc12. The Hall–Kier alpha value is -1.79. The molecule has 4 nitrogen and oxygen atoms in total. The lowest BCUT2D eigenvalue weighted by Gasteiger charge is -2.14. The van der Waals surface area contributed by atoms with Gasteiger partial charge >= 0.3 is 0 Å². The van der Waals surface area contributed by atoms with Crippen molar-refractivity contribution in [3.05, 3.63) is 46.0 Å². The summed E-state index contributed by atoms with van der Waals surface area (Å²) in [6.45, 7) is 0.591. The third-order valence-electron chi connectivity index (χ3n) is 3.56. The van der Waals surface area contributed by atoms with Gasteiger partial charge in [0.2, 0.25) is 0 Å². The number of rotatable bonds is 2. The molecule has 1 fully saturated rings. The maximum Gasteiger partial charge on any atom is 0.189 e. The fourth-order valence-electron chi connectivity index (χ4n) is 2.57. The summed E-state index contributed by atoms with van der Waals surface area (Å²) in [7, 11) is 0. The van der Waals surface area contributed by atoms with E-state index in [0.29, 0.717) is 11.1 Å². The number of aliphatic hydroxyl groups is 1. The van der Waals surface area contributed by atoms with Crippen molar-refractivity contribution in [3.63, 3.8) is 0 Å². The van der Waals surface area contributed by atoms with E-state index in [9.17, 15) is 18.7 Å². The molecule has 1 aromatic heterocycles. The van der Waals surface area contributed by atoms with Gasteiger partial charge in [-0.05, 0) is 12.1 Å². The molecular formula is C14H14F2N2O2. The van der Waals surface area contributed by atoms with Gasteiger partial charge in [0.25, 0.3) is 0 Å². The van der Waals surface area contributed by atoms with Crippen LogP contribution in [0.5, 0.6) is 0 Å². The largest absolute Gasteiger partial charge is 0.389 e. The molecule has 0 saturated carbocycles. The van der Waals surface area contributed by atoms with E-state index in [4.69, 9.17) is 0 Å². The van der Waals surface area contributed by atoms with Gasteiger partial charge in [-0.1, -0.05) is 6.07 Å². The highest BCUT2D eigenvalue weighted by molar-refractivity contribution is 5.78. The number of aromatic amines is 1. The third-order valence-corrected chi connectivity index (χ3v) is 3.56. The smallest absolute Gasteiger partial charge is 0.189 e. The van der Waals surface area contributed by atoms with Crippen molar-refractivity contribution in [2.45, 2.75) is 18.8 Å². The van der Waals surface area contributed by atoms with Crippen molar-refractivity contribution in [1.82, 2.24) is 9.88 Å². The van der Waals surface area contributed by atoms with Gasteiger partial charge in [0.1, 0.15) is 12.0 Å². The number of fused-ring (bicyclic) bond motifs is 1. The molecule has 1 saturated heterocycles. The fraction of sp³-hybridized carbons (Fsp3) is 0.357. The second-order valence-corrected chi connectivity index (χ2v) is 5.10. The highest BCUT2D eigenvalue weighted by atomic mass is 19.1. The van der Waals surface area contributed by atoms with Crippen LogP contribution in [-0.4, -0.2) is 40.4 Å². The number of halogens is 2. The van der Waals surface area contributed by atoms with Crippen LogP contribution in [0, 0.1) is 5.82 Å². The lowest BCUT2D eigenvalue weighted by molar-refractivity contribution is 0.115. The lowest BCUT2D eigenvalue weighted by Crippen LogP contribution is -2.23. The Kier molecular flexibility index (Phi) is 3.27. The molecular weight excluding hydrogens is 266 g/mol. The highest BCUT2D eigenvalue weighted by Gasteiger charge is 2.31. The quantitative estimate of drug-likeness (QED) is 0.868. The normalized spacial score (nSPS) is 23.6. The van der Waals surface area contributed by atoms with Gasteiger partial charge in [-0.25, -0.2) is 8.78 Å². The zero-order valence-corrected chi connectivity index (χ0v) is 10.6. The molecule has 0 spiro atoms. The monoisotopic (exact) mass is 280 g/mol. The van der Waals surface area contributed by atoms with Gasteiger partial charge < -0.3 is 10.1 Å². The predicted molar refractivity (Wildman–Crippen MR) is 70.7 cm³/mol. The first-order valence-electron chi connectivity index (χ1n) is 6.39. The van der Waals surface area contributed by atoms with Crippen LogP contribution in [0.15, 0.2) is 29.1 Å². The Bertz CT molecular complexity index is 691. The molecule has 0 amide bonds. The summed E-state index contributed by atoms with van der Waals surface area (Å²) >= 11 is 0. The molecule has 1 aromatic carbocycles. The predicted octanol–water partition coefficient (Wildman–Crippen LogP) is 1.18. The molecule has 0 bridgehead atoms. The summed E-state index contributed by atoms with van der Waals surface area (Å²) in [5, 5.41) is 9.66. The number of likely N-dealkylation sites (tertiary alicyclic amines) is 1. The van der Waals surface area contributed by atoms with Gasteiger partial charge in [0.15, 0.2) is 5.43 Å². The zero-order chi connectivity index (χ0) is 14.3. The minimum Gasteiger partial charge on any atom is -0.389 e.